The molecule has 0 atom stereocenters. The van der Waals surface area contributed by atoms with Gasteiger partial charge in [0.05, 0.1) is 23.6 Å². The van der Waals surface area contributed by atoms with Gasteiger partial charge in [-0.2, -0.15) is 0 Å². The van der Waals surface area contributed by atoms with Gasteiger partial charge >= 0.3 is 0 Å². The Kier molecular flexibility index (Phi) is 4.21. The smallest absolute Gasteiger partial charge is 0.229 e. The van der Waals surface area contributed by atoms with Crippen LogP contribution in [0, 0.1) is 0 Å². The lowest BCUT2D eigenvalue weighted by molar-refractivity contribution is 0.485. The van der Waals surface area contributed by atoms with Crippen LogP contribution in [0.2, 0.25) is 5.02 Å². The highest BCUT2D eigenvalue weighted by molar-refractivity contribution is 7.92. The monoisotopic (exact) mass is 365 g/mol. The molecule has 8 heteroatoms. The van der Waals surface area contributed by atoms with Gasteiger partial charge in [0, 0.05) is 17.2 Å². The van der Waals surface area contributed by atoms with Gasteiger partial charge in [0.1, 0.15) is 11.3 Å². The Labute approximate surface area is 142 Å². The molecule has 0 spiro atoms. The van der Waals surface area contributed by atoms with Crippen LogP contribution in [0.5, 0.6) is 11.5 Å². The van der Waals surface area contributed by atoms with E-state index < -0.39 is 10.0 Å². The molecule has 0 amide bonds. The van der Waals surface area contributed by atoms with Gasteiger partial charge in [-0.3, -0.25) is 9.52 Å². The minimum Gasteiger partial charge on any atom is -0.464 e. The molecule has 0 aliphatic rings. The number of hydrogen-bond acceptors (Lipinski definition) is 5. The van der Waals surface area contributed by atoms with Crippen LogP contribution in [0.15, 0.2) is 57.9 Å². The average Bonchev–Trinajstić information content (AvgIpc) is 2.49. The molecule has 1 aromatic heterocycles. The van der Waals surface area contributed by atoms with Crippen molar-refractivity contribution in [3.8, 4) is 11.5 Å². The largest absolute Gasteiger partial charge is 0.464 e. The van der Waals surface area contributed by atoms with Gasteiger partial charge in [-0.15, -0.1) is 0 Å². The van der Waals surface area contributed by atoms with Crippen molar-refractivity contribution in [1.82, 2.24) is 0 Å². The fourth-order valence-corrected chi connectivity index (χ4v) is 2.79. The van der Waals surface area contributed by atoms with E-state index in [2.05, 4.69) is 4.72 Å². The van der Waals surface area contributed by atoms with Crippen LogP contribution in [0.25, 0.3) is 11.0 Å². The number of halogens is 1. The van der Waals surface area contributed by atoms with E-state index in [1.165, 1.54) is 24.5 Å². The Bertz CT molecular complexity index is 1060. The fourth-order valence-electron chi connectivity index (χ4n) is 2.10. The first kappa shape index (κ1) is 16.4. The topological polar surface area (TPSA) is 85.6 Å². The van der Waals surface area contributed by atoms with E-state index in [0.717, 1.165) is 6.26 Å². The fraction of sp³-hybridized carbons (Fsp3) is 0.0625. The summed E-state index contributed by atoms with van der Waals surface area (Å²) in [7, 11) is -3.55. The van der Waals surface area contributed by atoms with Gasteiger partial charge in [-0.05, 0) is 30.3 Å². The highest BCUT2D eigenvalue weighted by atomic mass is 35.5. The maximum Gasteiger partial charge on any atom is 0.229 e. The zero-order valence-electron chi connectivity index (χ0n) is 12.4. The zero-order chi connectivity index (χ0) is 17.3. The van der Waals surface area contributed by atoms with Crippen LogP contribution in [-0.2, 0) is 10.0 Å². The maximum absolute atomic E-state index is 12.0. The molecule has 0 aliphatic carbocycles. The van der Waals surface area contributed by atoms with Gasteiger partial charge < -0.3 is 9.15 Å². The highest BCUT2D eigenvalue weighted by Crippen LogP contribution is 2.33. The lowest BCUT2D eigenvalue weighted by Gasteiger charge is -2.13. The van der Waals surface area contributed by atoms with Crippen molar-refractivity contribution in [3.05, 3.63) is 64.0 Å². The van der Waals surface area contributed by atoms with Crippen LogP contribution in [0.1, 0.15) is 0 Å². The first-order valence-corrected chi connectivity index (χ1v) is 9.05. The molecule has 0 aliphatic heterocycles. The van der Waals surface area contributed by atoms with Crippen LogP contribution in [0.3, 0.4) is 0 Å². The van der Waals surface area contributed by atoms with E-state index in [-0.39, 0.29) is 27.8 Å². The Morgan fingerprint density at radius 3 is 2.50 bits per heavy atom. The van der Waals surface area contributed by atoms with E-state index in [0.29, 0.717) is 10.8 Å². The first-order valence-electron chi connectivity index (χ1n) is 6.78. The number of ether oxygens (including phenoxy) is 1. The predicted molar refractivity (Wildman–Crippen MR) is 92.5 cm³/mol. The molecule has 0 unspecified atom stereocenters. The molecule has 1 N–H and O–H groups in total. The van der Waals surface area contributed by atoms with Gasteiger partial charge in [-0.25, -0.2) is 8.42 Å². The molecule has 0 bridgehead atoms. The summed E-state index contributed by atoms with van der Waals surface area (Å²) in [5.41, 5.74) is 0.148. The second-order valence-corrected chi connectivity index (χ2v) is 7.24. The van der Waals surface area contributed by atoms with Crippen molar-refractivity contribution in [2.24, 2.45) is 0 Å². The Morgan fingerprint density at radius 1 is 1.12 bits per heavy atom. The Morgan fingerprint density at radius 2 is 1.83 bits per heavy atom. The molecular formula is C16H12ClNO5S. The summed E-state index contributed by atoms with van der Waals surface area (Å²) in [5.74, 6) is 0.615. The standard InChI is InChI=1S/C16H12ClNO5S/c1-24(20,21)18-13-9-15-12(14(19)6-7-22-15)8-16(13)23-11-4-2-10(17)3-5-11/h2-9,18H,1H3. The van der Waals surface area contributed by atoms with Gasteiger partial charge in [-0.1, -0.05) is 11.6 Å². The molecule has 0 saturated carbocycles. The summed E-state index contributed by atoms with van der Waals surface area (Å²) >= 11 is 5.83. The third kappa shape index (κ3) is 3.69. The third-order valence-electron chi connectivity index (χ3n) is 3.10. The van der Waals surface area contributed by atoms with Crippen LogP contribution >= 0.6 is 11.6 Å². The minimum absolute atomic E-state index is 0.161. The second kappa shape index (κ2) is 6.18. The number of sulfonamides is 1. The quantitative estimate of drug-likeness (QED) is 0.763. The normalized spacial score (nSPS) is 11.4. The van der Waals surface area contributed by atoms with E-state index in [1.807, 2.05) is 0 Å². The molecule has 3 aromatic rings. The van der Waals surface area contributed by atoms with Crippen molar-refractivity contribution in [3.63, 3.8) is 0 Å². The van der Waals surface area contributed by atoms with E-state index >= 15 is 0 Å². The van der Waals surface area contributed by atoms with E-state index in [1.54, 1.807) is 24.3 Å². The second-order valence-electron chi connectivity index (χ2n) is 5.06. The molecular weight excluding hydrogens is 354 g/mol. The summed E-state index contributed by atoms with van der Waals surface area (Å²) < 4.78 is 36.5. The number of anilines is 1. The SMILES string of the molecule is CS(=O)(=O)Nc1cc2occc(=O)c2cc1Oc1ccc(Cl)cc1. The average molecular weight is 366 g/mol. The van der Waals surface area contributed by atoms with Crippen LogP contribution < -0.4 is 14.9 Å². The lowest BCUT2D eigenvalue weighted by atomic mass is 10.2. The third-order valence-corrected chi connectivity index (χ3v) is 3.94. The molecule has 24 heavy (non-hydrogen) atoms. The number of fused-ring (bicyclic) bond motifs is 1. The van der Waals surface area contributed by atoms with Crippen LogP contribution in [-0.4, -0.2) is 14.7 Å². The Hall–Kier alpha value is -2.51. The van der Waals surface area contributed by atoms with Gasteiger partial charge in [0.25, 0.3) is 0 Å². The summed E-state index contributed by atoms with van der Waals surface area (Å²) in [6, 6.07) is 10.6. The zero-order valence-corrected chi connectivity index (χ0v) is 14.0. The molecule has 2 aromatic carbocycles. The molecule has 0 radical (unpaired) electrons. The van der Waals surface area contributed by atoms with E-state index in [4.69, 9.17) is 20.8 Å². The Balaban J connectivity index is 2.14. The van der Waals surface area contributed by atoms with Crippen molar-refractivity contribution in [2.75, 3.05) is 11.0 Å². The summed E-state index contributed by atoms with van der Waals surface area (Å²) in [6.07, 6.45) is 2.26. The molecule has 6 nitrogen and oxygen atoms in total. The van der Waals surface area contributed by atoms with E-state index in [9.17, 15) is 13.2 Å². The van der Waals surface area contributed by atoms with Crippen molar-refractivity contribution < 1.29 is 17.6 Å². The molecule has 3 rings (SSSR count). The molecule has 0 saturated heterocycles. The van der Waals surface area contributed by atoms with Crippen LogP contribution in [0.4, 0.5) is 5.69 Å². The number of hydrogen-bond donors (Lipinski definition) is 1. The molecule has 0 fully saturated rings. The molecule has 1 heterocycles. The predicted octanol–water partition coefficient (Wildman–Crippen LogP) is 3.61. The maximum atomic E-state index is 12.0. The van der Waals surface area contributed by atoms with Gasteiger partial charge in [0.2, 0.25) is 10.0 Å². The number of rotatable bonds is 4. The lowest BCUT2D eigenvalue weighted by Crippen LogP contribution is -2.11. The van der Waals surface area contributed by atoms with Gasteiger partial charge in [0.15, 0.2) is 11.2 Å². The summed E-state index contributed by atoms with van der Waals surface area (Å²) in [4.78, 5) is 12.0. The summed E-state index contributed by atoms with van der Waals surface area (Å²) in [6.45, 7) is 0. The first-order chi connectivity index (χ1) is 11.3. The van der Waals surface area contributed by atoms with Crippen molar-refractivity contribution in [1.29, 1.82) is 0 Å². The highest BCUT2D eigenvalue weighted by Gasteiger charge is 2.14. The number of benzene rings is 2. The summed E-state index contributed by atoms with van der Waals surface area (Å²) in [5, 5.41) is 0.816. The van der Waals surface area contributed by atoms with Crippen molar-refractivity contribution in [2.45, 2.75) is 0 Å². The molecule has 124 valence electrons. The van der Waals surface area contributed by atoms with Crippen molar-refractivity contribution >= 4 is 38.3 Å². The number of nitrogens with one attached hydrogen (secondary N) is 1. The minimum atomic E-state index is -3.55.